The Labute approximate surface area is 126 Å². The number of hydrogen-bond acceptors (Lipinski definition) is 6. The fourth-order valence-corrected chi connectivity index (χ4v) is 3.85. The number of carbonyl (C=O) groups excluding carboxylic acids is 1. The van der Waals surface area contributed by atoms with Crippen LogP contribution in [-0.2, 0) is 23.7 Å². The minimum atomic E-state index is -3.80. The van der Waals surface area contributed by atoms with Gasteiger partial charge in [-0.05, 0) is 26.0 Å². The van der Waals surface area contributed by atoms with Crippen molar-refractivity contribution < 1.29 is 21.6 Å². The maximum absolute atomic E-state index is 11.7. The first-order valence-electron chi connectivity index (χ1n) is 5.46. The first-order valence-corrected chi connectivity index (χ1v) is 10.5. The van der Waals surface area contributed by atoms with Gasteiger partial charge in [0, 0.05) is 21.8 Å². The summed E-state index contributed by atoms with van der Waals surface area (Å²) in [5, 5.41) is 1.36. The van der Waals surface area contributed by atoms with Crippen LogP contribution in [0.25, 0.3) is 0 Å². The molecule has 0 aliphatic heterocycles. The van der Waals surface area contributed by atoms with Gasteiger partial charge >= 0.3 is 0 Å². The molecule has 0 bridgehead atoms. The quantitative estimate of drug-likeness (QED) is 0.799. The molecule has 1 aromatic rings. The van der Waals surface area contributed by atoms with Crippen LogP contribution in [0.4, 0.5) is 0 Å². The van der Waals surface area contributed by atoms with E-state index >= 15 is 0 Å². The first kappa shape index (κ1) is 17.4. The van der Waals surface area contributed by atoms with Crippen LogP contribution < -0.4 is 5.32 Å². The Morgan fingerprint density at radius 1 is 1.25 bits per heavy atom. The zero-order valence-corrected chi connectivity index (χ0v) is 14.2. The average Bonchev–Trinajstić information content (AvgIpc) is 2.75. The Bertz CT molecular complexity index is 707. The Balaban J connectivity index is 2.85. The number of nitrogens with one attached hydrogen (secondary N) is 1. The third-order valence-electron chi connectivity index (χ3n) is 2.64. The summed E-state index contributed by atoms with van der Waals surface area (Å²) >= 11 is 0.925. The summed E-state index contributed by atoms with van der Waals surface area (Å²) < 4.78 is 44.8. The van der Waals surface area contributed by atoms with Gasteiger partial charge < -0.3 is 5.32 Å². The minimum absolute atomic E-state index is 0.0218. The van der Waals surface area contributed by atoms with Crippen LogP contribution in [-0.4, -0.2) is 34.2 Å². The van der Waals surface area contributed by atoms with Crippen molar-refractivity contribution in [2.45, 2.75) is 29.3 Å². The minimum Gasteiger partial charge on any atom is -0.348 e. The molecule has 1 aromatic heterocycles. The second kappa shape index (κ2) is 6.00. The monoisotopic (exact) mass is 359 g/mol. The lowest BCUT2D eigenvalue weighted by Crippen LogP contribution is -2.38. The molecule has 0 aliphatic rings. The van der Waals surface area contributed by atoms with Gasteiger partial charge in [0.2, 0.25) is 5.91 Å². The third kappa shape index (κ3) is 4.44. The van der Waals surface area contributed by atoms with Crippen molar-refractivity contribution >= 4 is 46.8 Å². The van der Waals surface area contributed by atoms with Crippen molar-refractivity contribution in [3.05, 3.63) is 17.0 Å². The Hall–Kier alpha value is -0.640. The number of thiophene rings is 1. The van der Waals surface area contributed by atoms with Gasteiger partial charge in [-0.3, -0.25) is 4.79 Å². The number of hydrogen-bond donors (Lipinski definition) is 1. The highest BCUT2D eigenvalue weighted by Crippen LogP contribution is 2.28. The number of carbonyl (C=O) groups is 1. The molecule has 1 heterocycles. The summed E-state index contributed by atoms with van der Waals surface area (Å²) in [7, 11) is -2.07. The molecule has 0 saturated carbocycles. The molecule has 20 heavy (non-hydrogen) atoms. The molecule has 2 atom stereocenters. The fraction of sp³-hybridized carbons (Fsp3) is 0.500. The molecular formula is C10H14ClNO5S3. The van der Waals surface area contributed by atoms with Crippen molar-refractivity contribution in [3.8, 4) is 0 Å². The summed E-state index contributed by atoms with van der Waals surface area (Å²) in [6.07, 6.45) is 0.977. The van der Waals surface area contributed by atoms with Crippen LogP contribution in [0, 0.1) is 0 Å². The van der Waals surface area contributed by atoms with Crippen LogP contribution in [0.15, 0.2) is 16.3 Å². The van der Waals surface area contributed by atoms with Crippen LogP contribution >= 0.6 is 22.0 Å². The van der Waals surface area contributed by atoms with E-state index in [1.54, 1.807) is 6.92 Å². The topological polar surface area (TPSA) is 97.4 Å². The summed E-state index contributed by atoms with van der Waals surface area (Å²) in [6.45, 7) is 2.92. The van der Waals surface area contributed by atoms with Crippen molar-refractivity contribution in [1.29, 1.82) is 0 Å². The Morgan fingerprint density at radius 2 is 1.80 bits per heavy atom. The third-order valence-corrected chi connectivity index (χ3v) is 7.50. The lowest BCUT2D eigenvalue weighted by molar-refractivity contribution is -0.121. The second-order valence-electron chi connectivity index (χ2n) is 4.30. The lowest BCUT2D eigenvalue weighted by Gasteiger charge is -2.15. The van der Waals surface area contributed by atoms with Crippen molar-refractivity contribution in [2.75, 3.05) is 6.26 Å². The Kier molecular flexibility index (Phi) is 5.23. The van der Waals surface area contributed by atoms with E-state index in [0.29, 0.717) is 4.88 Å². The van der Waals surface area contributed by atoms with Gasteiger partial charge in [-0.15, -0.1) is 11.3 Å². The first-order chi connectivity index (χ1) is 8.93. The molecule has 0 aromatic carbocycles. The molecule has 0 fully saturated rings. The number of halogens is 1. The maximum Gasteiger partial charge on any atom is 0.270 e. The van der Waals surface area contributed by atoms with Gasteiger partial charge in [-0.25, -0.2) is 16.8 Å². The highest BCUT2D eigenvalue weighted by molar-refractivity contribution is 8.15. The van der Waals surface area contributed by atoms with Crippen LogP contribution in [0.3, 0.4) is 0 Å². The van der Waals surface area contributed by atoms with Crippen LogP contribution in [0.1, 0.15) is 24.8 Å². The highest BCUT2D eigenvalue weighted by atomic mass is 35.7. The zero-order chi connectivity index (χ0) is 15.7. The van der Waals surface area contributed by atoms with Gasteiger partial charge in [0.1, 0.15) is 9.46 Å². The summed E-state index contributed by atoms with van der Waals surface area (Å²) in [6, 6.07) is 2.35. The lowest BCUT2D eigenvalue weighted by atomic mass is 10.2. The van der Waals surface area contributed by atoms with Gasteiger partial charge in [0.15, 0.2) is 9.84 Å². The van der Waals surface area contributed by atoms with E-state index in [1.165, 1.54) is 19.1 Å². The zero-order valence-electron chi connectivity index (χ0n) is 11.0. The fourth-order valence-electron chi connectivity index (χ4n) is 1.29. The van der Waals surface area contributed by atoms with E-state index in [-0.39, 0.29) is 4.21 Å². The number of sulfone groups is 1. The summed E-state index contributed by atoms with van der Waals surface area (Å²) in [5.74, 6) is -0.635. The normalized spacial score (nSPS) is 15.6. The van der Waals surface area contributed by atoms with E-state index in [0.717, 1.165) is 17.6 Å². The molecule has 10 heteroatoms. The summed E-state index contributed by atoms with van der Waals surface area (Å²) in [4.78, 5) is 12.3. The molecule has 6 nitrogen and oxygen atoms in total. The predicted octanol–water partition coefficient (Wildman–Crippen LogP) is 1.29. The van der Waals surface area contributed by atoms with Crippen molar-refractivity contribution in [3.63, 3.8) is 0 Å². The van der Waals surface area contributed by atoms with Crippen molar-refractivity contribution in [2.24, 2.45) is 0 Å². The molecule has 1 N–H and O–H groups in total. The second-order valence-corrected chi connectivity index (χ2v) is 10.6. The van der Waals surface area contributed by atoms with E-state index in [2.05, 4.69) is 5.32 Å². The molecule has 0 spiro atoms. The van der Waals surface area contributed by atoms with Crippen LogP contribution in [0.5, 0.6) is 0 Å². The predicted molar refractivity (Wildman–Crippen MR) is 78.2 cm³/mol. The van der Waals surface area contributed by atoms with Crippen LogP contribution in [0.2, 0.25) is 0 Å². The smallest absolute Gasteiger partial charge is 0.270 e. The van der Waals surface area contributed by atoms with E-state index in [4.69, 9.17) is 10.7 Å². The molecule has 2 unspecified atom stereocenters. The molecular weight excluding hydrogens is 346 g/mol. The SMILES string of the molecule is CC(NC(=O)C(C)S(C)(=O)=O)c1ccc(S(=O)(=O)Cl)s1. The van der Waals surface area contributed by atoms with Gasteiger partial charge in [0.25, 0.3) is 9.05 Å². The standard InChI is InChI=1S/C10H14ClNO5S3/c1-6(12-10(13)7(2)19(3,14)15)8-4-5-9(18-8)20(11,16)17/h4-7H,1-3H3,(H,12,13). The molecule has 1 rings (SSSR count). The number of amides is 1. The molecule has 0 radical (unpaired) electrons. The molecule has 0 saturated heterocycles. The van der Waals surface area contributed by atoms with Gasteiger partial charge in [0.05, 0.1) is 6.04 Å². The Morgan fingerprint density at radius 3 is 2.20 bits per heavy atom. The molecule has 114 valence electrons. The van der Waals surface area contributed by atoms with E-state index < -0.39 is 36.1 Å². The number of rotatable bonds is 5. The maximum atomic E-state index is 11.7. The van der Waals surface area contributed by atoms with Crippen molar-refractivity contribution in [1.82, 2.24) is 5.32 Å². The molecule has 0 aliphatic carbocycles. The highest BCUT2D eigenvalue weighted by Gasteiger charge is 2.25. The van der Waals surface area contributed by atoms with Gasteiger partial charge in [-0.1, -0.05) is 0 Å². The van der Waals surface area contributed by atoms with E-state index in [1.807, 2.05) is 0 Å². The molecule has 1 amide bonds. The average molecular weight is 360 g/mol. The van der Waals surface area contributed by atoms with E-state index in [9.17, 15) is 21.6 Å². The largest absolute Gasteiger partial charge is 0.348 e. The van der Waals surface area contributed by atoms with Gasteiger partial charge in [-0.2, -0.15) is 0 Å². The summed E-state index contributed by atoms with van der Waals surface area (Å²) in [5.41, 5.74) is 0.